The molecule has 3 nitrogen and oxygen atoms in total. The van der Waals surface area contributed by atoms with E-state index in [1.807, 2.05) is 48.5 Å². The molecule has 0 bridgehead atoms. The first-order chi connectivity index (χ1) is 9.83. The molecule has 2 aromatic rings. The van der Waals surface area contributed by atoms with Crippen molar-refractivity contribution in [2.75, 3.05) is 11.9 Å². The van der Waals surface area contributed by atoms with Gasteiger partial charge in [0.15, 0.2) is 0 Å². The number of benzene rings is 2. The molecule has 1 heterocycles. The number of carbonyl (C=O) groups excluding carboxylic acids is 1. The summed E-state index contributed by atoms with van der Waals surface area (Å²) >= 11 is 0. The van der Waals surface area contributed by atoms with E-state index in [1.54, 1.807) is 0 Å². The second kappa shape index (κ2) is 5.78. The van der Waals surface area contributed by atoms with Crippen LogP contribution in [0.4, 0.5) is 5.69 Å². The summed E-state index contributed by atoms with van der Waals surface area (Å²) in [7, 11) is 0. The molecular weight excluding hydrogens is 250 g/mol. The molecule has 3 heteroatoms. The second-order valence-corrected chi connectivity index (χ2v) is 5.02. The van der Waals surface area contributed by atoms with Crippen molar-refractivity contribution in [3.8, 4) is 0 Å². The molecule has 0 radical (unpaired) electrons. The van der Waals surface area contributed by atoms with E-state index in [1.165, 1.54) is 5.56 Å². The predicted octanol–water partition coefficient (Wildman–Crippen LogP) is 3.33. The number of fused-ring (bicyclic) bond motifs is 1. The number of rotatable bonds is 4. The highest BCUT2D eigenvalue weighted by Crippen LogP contribution is 2.33. The van der Waals surface area contributed by atoms with Gasteiger partial charge in [-0.05, 0) is 17.2 Å². The zero-order chi connectivity index (χ0) is 13.8. The fraction of sp³-hybridized carbons (Fsp3) is 0.235. The standard InChI is InChI=1S/C17H17NO2/c19-17(20-12-13-6-2-1-3-7-13)10-14-11-18-16-9-5-4-8-15(14)16/h1-9,14,18H,10-12H2. The first kappa shape index (κ1) is 12.7. The number of nitrogens with one attached hydrogen (secondary N) is 1. The van der Waals surface area contributed by atoms with E-state index in [9.17, 15) is 4.79 Å². The van der Waals surface area contributed by atoms with Gasteiger partial charge in [-0.3, -0.25) is 4.79 Å². The van der Waals surface area contributed by atoms with Gasteiger partial charge in [0.25, 0.3) is 0 Å². The van der Waals surface area contributed by atoms with Gasteiger partial charge in [-0.15, -0.1) is 0 Å². The summed E-state index contributed by atoms with van der Waals surface area (Å²) in [5, 5.41) is 3.32. The summed E-state index contributed by atoms with van der Waals surface area (Å²) in [4.78, 5) is 11.9. The zero-order valence-corrected chi connectivity index (χ0v) is 11.2. The Morgan fingerprint density at radius 2 is 1.85 bits per heavy atom. The molecule has 0 aromatic heterocycles. The molecular formula is C17H17NO2. The number of esters is 1. The van der Waals surface area contributed by atoms with Gasteiger partial charge in [-0.25, -0.2) is 0 Å². The molecule has 1 unspecified atom stereocenters. The van der Waals surface area contributed by atoms with Crippen LogP contribution in [0.15, 0.2) is 54.6 Å². The maximum atomic E-state index is 11.9. The van der Waals surface area contributed by atoms with E-state index in [0.717, 1.165) is 17.8 Å². The number of para-hydroxylation sites is 1. The van der Waals surface area contributed by atoms with Crippen molar-refractivity contribution in [2.24, 2.45) is 0 Å². The highest BCUT2D eigenvalue weighted by Gasteiger charge is 2.24. The number of anilines is 1. The van der Waals surface area contributed by atoms with Crippen LogP contribution in [0.5, 0.6) is 0 Å². The Hall–Kier alpha value is -2.29. The maximum Gasteiger partial charge on any atom is 0.306 e. The van der Waals surface area contributed by atoms with Crippen LogP contribution >= 0.6 is 0 Å². The minimum atomic E-state index is -0.141. The van der Waals surface area contributed by atoms with E-state index >= 15 is 0 Å². The van der Waals surface area contributed by atoms with E-state index in [2.05, 4.69) is 11.4 Å². The fourth-order valence-corrected chi connectivity index (χ4v) is 2.54. The largest absolute Gasteiger partial charge is 0.461 e. The molecule has 102 valence electrons. The molecule has 1 atom stereocenters. The van der Waals surface area contributed by atoms with Crippen LogP contribution in [0.3, 0.4) is 0 Å². The number of ether oxygens (including phenoxy) is 1. The van der Waals surface area contributed by atoms with Crippen molar-refractivity contribution in [3.05, 3.63) is 65.7 Å². The summed E-state index contributed by atoms with van der Waals surface area (Å²) in [6, 6.07) is 17.9. The minimum Gasteiger partial charge on any atom is -0.461 e. The van der Waals surface area contributed by atoms with Gasteiger partial charge in [-0.1, -0.05) is 48.5 Å². The summed E-state index contributed by atoms with van der Waals surface area (Å²) in [5.74, 6) is 0.0758. The van der Waals surface area contributed by atoms with Crippen LogP contribution in [0.1, 0.15) is 23.5 Å². The Bertz CT molecular complexity index is 595. The van der Waals surface area contributed by atoms with Crippen LogP contribution in [0.25, 0.3) is 0 Å². The maximum absolute atomic E-state index is 11.9. The second-order valence-electron chi connectivity index (χ2n) is 5.02. The lowest BCUT2D eigenvalue weighted by atomic mass is 9.98. The summed E-state index contributed by atoms with van der Waals surface area (Å²) in [6.07, 6.45) is 0.427. The topological polar surface area (TPSA) is 38.3 Å². The van der Waals surface area contributed by atoms with Crippen molar-refractivity contribution >= 4 is 11.7 Å². The van der Waals surface area contributed by atoms with Crippen LogP contribution in [-0.2, 0) is 16.1 Å². The number of hydrogen-bond acceptors (Lipinski definition) is 3. The monoisotopic (exact) mass is 267 g/mol. The fourth-order valence-electron chi connectivity index (χ4n) is 2.54. The SMILES string of the molecule is O=C(CC1CNc2ccccc21)OCc1ccccc1. The molecule has 1 N–H and O–H groups in total. The van der Waals surface area contributed by atoms with Crippen molar-refractivity contribution in [3.63, 3.8) is 0 Å². The Morgan fingerprint density at radius 3 is 2.70 bits per heavy atom. The predicted molar refractivity (Wildman–Crippen MR) is 78.5 cm³/mol. The van der Waals surface area contributed by atoms with Gasteiger partial charge < -0.3 is 10.1 Å². The molecule has 3 rings (SSSR count). The average Bonchev–Trinajstić information content (AvgIpc) is 2.90. The zero-order valence-electron chi connectivity index (χ0n) is 11.2. The van der Waals surface area contributed by atoms with E-state index < -0.39 is 0 Å². The molecule has 0 saturated carbocycles. The van der Waals surface area contributed by atoms with Gasteiger partial charge in [-0.2, -0.15) is 0 Å². The smallest absolute Gasteiger partial charge is 0.306 e. The third-order valence-corrected chi connectivity index (χ3v) is 3.60. The number of carbonyl (C=O) groups is 1. The molecule has 0 fully saturated rings. The third-order valence-electron chi connectivity index (χ3n) is 3.60. The molecule has 1 aliphatic rings. The van der Waals surface area contributed by atoms with Crippen LogP contribution < -0.4 is 5.32 Å². The summed E-state index contributed by atoms with van der Waals surface area (Å²) in [6.45, 7) is 1.15. The Kier molecular flexibility index (Phi) is 3.68. The van der Waals surface area contributed by atoms with Gasteiger partial charge in [0.2, 0.25) is 0 Å². The van der Waals surface area contributed by atoms with Crippen molar-refractivity contribution in [1.29, 1.82) is 0 Å². The first-order valence-corrected chi connectivity index (χ1v) is 6.85. The summed E-state index contributed by atoms with van der Waals surface area (Å²) in [5.41, 5.74) is 3.36. The van der Waals surface area contributed by atoms with E-state index in [0.29, 0.717) is 13.0 Å². The van der Waals surface area contributed by atoms with Crippen molar-refractivity contribution in [2.45, 2.75) is 18.9 Å². The lowest BCUT2D eigenvalue weighted by Crippen LogP contribution is -2.12. The minimum absolute atomic E-state index is 0.141. The molecule has 0 spiro atoms. The molecule has 0 saturated heterocycles. The lowest BCUT2D eigenvalue weighted by Gasteiger charge is -2.10. The van der Waals surface area contributed by atoms with Crippen molar-refractivity contribution < 1.29 is 9.53 Å². The normalized spacial score (nSPS) is 16.3. The van der Waals surface area contributed by atoms with Crippen molar-refractivity contribution in [1.82, 2.24) is 0 Å². The first-order valence-electron chi connectivity index (χ1n) is 6.85. The van der Waals surface area contributed by atoms with Gasteiger partial charge in [0.05, 0.1) is 6.42 Å². The molecule has 0 aliphatic carbocycles. The third kappa shape index (κ3) is 2.82. The molecule has 0 amide bonds. The van der Waals surface area contributed by atoms with Crippen LogP contribution in [0.2, 0.25) is 0 Å². The molecule has 1 aliphatic heterocycles. The molecule has 2 aromatic carbocycles. The van der Waals surface area contributed by atoms with E-state index in [-0.39, 0.29) is 11.9 Å². The van der Waals surface area contributed by atoms with E-state index in [4.69, 9.17) is 4.74 Å². The van der Waals surface area contributed by atoms with Gasteiger partial charge in [0, 0.05) is 18.2 Å². The van der Waals surface area contributed by atoms with Gasteiger partial charge in [0.1, 0.15) is 6.61 Å². The van der Waals surface area contributed by atoms with Crippen LogP contribution in [-0.4, -0.2) is 12.5 Å². The highest BCUT2D eigenvalue weighted by molar-refractivity contribution is 5.72. The number of hydrogen-bond donors (Lipinski definition) is 1. The lowest BCUT2D eigenvalue weighted by molar-refractivity contribution is -0.145. The van der Waals surface area contributed by atoms with Gasteiger partial charge >= 0.3 is 5.97 Å². The Morgan fingerprint density at radius 1 is 1.10 bits per heavy atom. The quantitative estimate of drug-likeness (QED) is 0.863. The Labute approximate surface area is 118 Å². The van der Waals surface area contributed by atoms with Crippen LogP contribution in [0, 0.1) is 0 Å². The summed E-state index contributed by atoms with van der Waals surface area (Å²) < 4.78 is 5.34. The highest BCUT2D eigenvalue weighted by atomic mass is 16.5. The molecule has 20 heavy (non-hydrogen) atoms. The average molecular weight is 267 g/mol. The Balaban J connectivity index is 1.55.